The first-order valence-electron chi connectivity index (χ1n) is 8.00. The van der Waals surface area contributed by atoms with Crippen LogP contribution in [0.3, 0.4) is 0 Å². The minimum absolute atomic E-state index is 0.0545. The molecule has 1 aromatic rings. The average molecular weight is 308 g/mol. The molecule has 0 radical (unpaired) electrons. The highest BCUT2D eigenvalue weighted by atomic mass is 19.1. The van der Waals surface area contributed by atoms with Gasteiger partial charge in [0.2, 0.25) is 5.91 Å². The maximum Gasteiger partial charge on any atom is 0.239 e. The fraction of sp³-hybridized carbons (Fsp3) is 0.588. The SMILES string of the molecule is CCC[C@H](N)C(=O)N1CCC(OCc2ccc(F)cc2)CC1. The summed E-state index contributed by atoms with van der Waals surface area (Å²) in [6.45, 7) is 3.91. The molecule has 1 aliphatic heterocycles. The molecule has 1 heterocycles. The van der Waals surface area contributed by atoms with E-state index in [1.807, 2.05) is 11.8 Å². The predicted molar refractivity (Wildman–Crippen MR) is 83.7 cm³/mol. The Balaban J connectivity index is 1.73. The van der Waals surface area contributed by atoms with Gasteiger partial charge in [-0.25, -0.2) is 4.39 Å². The van der Waals surface area contributed by atoms with Gasteiger partial charge in [0.1, 0.15) is 5.82 Å². The summed E-state index contributed by atoms with van der Waals surface area (Å²) in [5.74, 6) is -0.183. The number of amides is 1. The number of ether oxygens (including phenoxy) is 1. The first-order valence-corrected chi connectivity index (χ1v) is 8.00. The van der Waals surface area contributed by atoms with Crippen molar-refractivity contribution < 1.29 is 13.9 Å². The highest BCUT2D eigenvalue weighted by molar-refractivity contribution is 5.81. The molecule has 5 heteroatoms. The van der Waals surface area contributed by atoms with Gasteiger partial charge >= 0.3 is 0 Å². The van der Waals surface area contributed by atoms with Crippen molar-refractivity contribution in [3.8, 4) is 0 Å². The van der Waals surface area contributed by atoms with Crippen molar-refractivity contribution in [1.29, 1.82) is 0 Å². The van der Waals surface area contributed by atoms with Gasteiger partial charge in [-0.05, 0) is 37.0 Å². The largest absolute Gasteiger partial charge is 0.373 e. The van der Waals surface area contributed by atoms with Crippen molar-refractivity contribution in [2.24, 2.45) is 5.73 Å². The summed E-state index contributed by atoms with van der Waals surface area (Å²) in [4.78, 5) is 14.0. The van der Waals surface area contributed by atoms with Crippen molar-refractivity contribution in [3.05, 3.63) is 35.6 Å². The molecule has 2 rings (SSSR count). The lowest BCUT2D eigenvalue weighted by atomic mass is 10.1. The molecule has 0 aromatic heterocycles. The molecule has 0 saturated carbocycles. The lowest BCUT2D eigenvalue weighted by molar-refractivity contribution is -0.135. The summed E-state index contributed by atoms with van der Waals surface area (Å²) >= 11 is 0. The van der Waals surface area contributed by atoms with Gasteiger partial charge in [-0.3, -0.25) is 4.79 Å². The number of carbonyl (C=O) groups is 1. The van der Waals surface area contributed by atoms with Crippen molar-refractivity contribution in [2.75, 3.05) is 13.1 Å². The van der Waals surface area contributed by atoms with Gasteiger partial charge in [0, 0.05) is 13.1 Å². The second kappa shape index (κ2) is 8.25. The second-order valence-electron chi connectivity index (χ2n) is 5.86. The topological polar surface area (TPSA) is 55.6 Å². The normalized spacial score (nSPS) is 17.5. The fourth-order valence-electron chi connectivity index (χ4n) is 2.71. The number of rotatable bonds is 6. The number of piperidine rings is 1. The summed E-state index contributed by atoms with van der Waals surface area (Å²) < 4.78 is 18.7. The van der Waals surface area contributed by atoms with E-state index in [2.05, 4.69) is 0 Å². The summed E-state index contributed by atoms with van der Waals surface area (Å²) in [5, 5.41) is 0. The van der Waals surface area contributed by atoms with E-state index in [4.69, 9.17) is 10.5 Å². The van der Waals surface area contributed by atoms with Crippen LogP contribution >= 0.6 is 0 Å². The number of carbonyl (C=O) groups excluding carboxylic acids is 1. The van der Waals surface area contributed by atoms with Gasteiger partial charge in [0.05, 0.1) is 18.8 Å². The van der Waals surface area contributed by atoms with E-state index < -0.39 is 0 Å². The molecule has 2 N–H and O–H groups in total. The van der Waals surface area contributed by atoms with Crippen molar-refractivity contribution in [1.82, 2.24) is 4.90 Å². The highest BCUT2D eigenvalue weighted by Crippen LogP contribution is 2.17. The third-order valence-electron chi connectivity index (χ3n) is 4.07. The zero-order valence-corrected chi connectivity index (χ0v) is 13.1. The fourth-order valence-corrected chi connectivity index (χ4v) is 2.71. The van der Waals surface area contributed by atoms with E-state index in [-0.39, 0.29) is 23.9 Å². The molecular formula is C17H25FN2O2. The molecule has 1 fully saturated rings. The van der Waals surface area contributed by atoms with Gasteiger partial charge in [0.25, 0.3) is 0 Å². The lowest BCUT2D eigenvalue weighted by Gasteiger charge is -2.33. The number of benzene rings is 1. The quantitative estimate of drug-likeness (QED) is 0.878. The molecule has 4 nitrogen and oxygen atoms in total. The van der Waals surface area contributed by atoms with Gasteiger partial charge in [-0.15, -0.1) is 0 Å². The zero-order chi connectivity index (χ0) is 15.9. The number of nitrogens with two attached hydrogens (primary N) is 1. The summed E-state index contributed by atoms with van der Waals surface area (Å²) in [7, 11) is 0. The van der Waals surface area contributed by atoms with Crippen LogP contribution in [0.1, 0.15) is 38.2 Å². The van der Waals surface area contributed by atoms with Crippen LogP contribution in [-0.4, -0.2) is 36.0 Å². The van der Waals surface area contributed by atoms with Crippen LogP contribution in [0.15, 0.2) is 24.3 Å². The third kappa shape index (κ3) is 4.78. The van der Waals surface area contributed by atoms with Crippen molar-refractivity contribution >= 4 is 5.91 Å². The van der Waals surface area contributed by atoms with Crippen LogP contribution in [0.25, 0.3) is 0 Å². The lowest BCUT2D eigenvalue weighted by Crippen LogP contribution is -2.48. The zero-order valence-electron chi connectivity index (χ0n) is 13.1. The van der Waals surface area contributed by atoms with Crippen LogP contribution < -0.4 is 5.73 Å². The Morgan fingerprint density at radius 2 is 2.00 bits per heavy atom. The Morgan fingerprint density at radius 3 is 2.59 bits per heavy atom. The van der Waals surface area contributed by atoms with Gasteiger partial charge in [-0.1, -0.05) is 25.5 Å². The Morgan fingerprint density at radius 1 is 1.36 bits per heavy atom. The average Bonchev–Trinajstić information content (AvgIpc) is 2.54. The van der Waals surface area contributed by atoms with Crippen LogP contribution in [0.5, 0.6) is 0 Å². The summed E-state index contributed by atoms with van der Waals surface area (Å²) in [6.07, 6.45) is 3.46. The third-order valence-corrected chi connectivity index (χ3v) is 4.07. The van der Waals surface area contributed by atoms with Gasteiger partial charge in [-0.2, -0.15) is 0 Å². The molecule has 0 bridgehead atoms. The van der Waals surface area contributed by atoms with E-state index in [0.29, 0.717) is 19.7 Å². The second-order valence-corrected chi connectivity index (χ2v) is 5.86. The smallest absolute Gasteiger partial charge is 0.239 e. The van der Waals surface area contributed by atoms with Crippen LogP contribution in [0, 0.1) is 5.82 Å². The number of nitrogens with zero attached hydrogens (tertiary/aromatic N) is 1. The van der Waals surface area contributed by atoms with Crippen LogP contribution in [0.2, 0.25) is 0 Å². The first kappa shape index (κ1) is 16.9. The Bertz CT molecular complexity index is 470. The molecule has 0 unspecified atom stereocenters. The first-order chi connectivity index (χ1) is 10.6. The predicted octanol–water partition coefficient (Wildman–Crippen LogP) is 2.46. The maximum atomic E-state index is 12.8. The molecule has 1 aromatic carbocycles. The van der Waals surface area contributed by atoms with E-state index in [9.17, 15) is 9.18 Å². The highest BCUT2D eigenvalue weighted by Gasteiger charge is 2.26. The molecule has 1 saturated heterocycles. The van der Waals surface area contributed by atoms with E-state index in [1.54, 1.807) is 12.1 Å². The van der Waals surface area contributed by atoms with E-state index in [0.717, 1.165) is 31.2 Å². The minimum Gasteiger partial charge on any atom is -0.373 e. The summed E-state index contributed by atoms with van der Waals surface area (Å²) in [6, 6.07) is 5.97. The molecule has 22 heavy (non-hydrogen) atoms. The maximum absolute atomic E-state index is 12.8. The van der Waals surface area contributed by atoms with Gasteiger partial charge < -0.3 is 15.4 Å². The van der Waals surface area contributed by atoms with Crippen LogP contribution in [0.4, 0.5) is 4.39 Å². The van der Waals surface area contributed by atoms with E-state index >= 15 is 0 Å². The molecule has 1 amide bonds. The van der Waals surface area contributed by atoms with Crippen molar-refractivity contribution in [2.45, 2.75) is 51.4 Å². The van der Waals surface area contributed by atoms with Gasteiger partial charge in [0.15, 0.2) is 0 Å². The molecular weight excluding hydrogens is 283 g/mol. The molecule has 122 valence electrons. The summed E-state index contributed by atoms with van der Waals surface area (Å²) in [5.41, 5.74) is 6.85. The molecule has 1 aliphatic rings. The van der Waals surface area contributed by atoms with Crippen LogP contribution in [-0.2, 0) is 16.1 Å². The van der Waals surface area contributed by atoms with E-state index in [1.165, 1.54) is 12.1 Å². The number of likely N-dealkylation sites (tertiary alicyclic amines) is 1. The Hall–Kier alpha value is -1.46. The minimum atomic E-state index is -0.373. The standard InChI is InChI=1S/C17H25FN2O2/c1-2-3-16(19)17(21)20-10-8-15(9-11-20)22-12-13-4-6-14(18)7-5-13/h4-7,15-16H,2-3,8-12,19H2,1H3/t16-/m0/s1. The molecule has 0 spiro atoms. The number of halogens is 1. The monoisotopic (exact) mass is 308 g/mol. The Kier molecular flexibility index (Phi) is 6.34. The number of hydrogen-bond acceptors (Lipinski definition) is 3. The molecule has 1 atom stereocenters. The number of hydrogen-bond donors (Lipinski definition) is 1. The molecule has 0 aliphatic carbocycles. The van der Waals surface area contributed by atoms with Crippen molar-refractivity contribution in [3.63, 3.8) is 0 Å². The Labute approximate surface area is 131 Å².